The van der Waals surface area contributed by atoms with Crippen molar-refractivity contribution in [3.8, 4) is 0 Å². The summed E-state index contributed by atoms with van der Waals surface area (Å²) in [7, 11) is 0. The maximum atomic E-state index is 13.6. The Morgan fingerprint density at radius 2 is 1.64 bits per heavy atom. The van der Waals surface area contributed by atoms with Gasteiger partial charge in [0, 0.05) is 12.1 Å². The minimum absolute atomic E-state index is 0.123. The summed E-state index contributed by atoms with van der Waals surface area (Å²) >= 11 is 0. The van der Waals surface area contributed by atoms with E-state index in [2.05, 4.69) is 75.7 Å². The van der Waals surface area contributed by atoms with Crippen LogP contribution >= 0.6 is 0 Å². The lowest BCUT2D eigenvalue weighted by molar-refractivity contribution is 0.214. The van der Waals surface area contributed by atoms with Crippen LogP contribution < -0.4 is 5.56 Å². The molecule has 7 nitrogen and oxygen atoms in total. The molecule has 2 heterocycles. The van der Waals surface area contributed by atoms with Crippen LogP contribution in [0, 0.1) is 13.8 Å². The molecule has 36 heavy (non-hydrogen) atoms. The zero-order chi connectivity index (χ0) is 25.1. The molecule has 0 bridgehead atoms. The first kappa shape index (κ1) is 23.6. The first-order chi connectivity index (χ1) is 17.5. The van der Waals surface area contributed by atoms with Gasteiger partial charge >= 0.3 is 0 Å². The van der Waals surface area contributed by atoms with Gasteiger partial charge in [-0.25, -0.2) is 4.68 Å². The number of pyridine rings is 1. The van der Waals surface area contributed by atoms with Crippen LogP contribution in [-0.4, -0.2) is 36.6 Å². The highest BCUT2D eigenvalue weighted by molar-refractivity contribution is 5.83. The summed E-state index contributed by atoms with van der Waals surface area (Å²) in [5, 5.41) is 13.8. The number of benzene rings is 3. The SMILES string of the molecule is CCN(Cc1ccccc1)[C@H](c1cc2ccc(C)c(C)c2[nH]c1=O)c1nnnn1Cc1ccccc1. The minimum atomic E-state index is -0.427. The first-order valence-corrected chi connectivity index (χ1v) is 12.3. The number of H-pyrrole nitrogens is 1. The van der Waals surface area contributed by atoms with E-state index in [-0.39, 0.29) is 5.56 Å². The molecule has 0 saturated carbocycles. The van der Waals surface area contributed by atoms with Crippen molar-refractivity contribution in [2.24, 2.45) is 0 Å². The van der Waals surface area contributed by atoms with Gasteiger partial charge in [-0.05, 0) is 64.5 Å². The zero-order valence-corrected chi connectivity index (χ0v) is 20.8. The van der Waals surface area contributed by atoms with Gasteiger partial charge in [-0.2, -0.15) is 0 Å². The molecule has 0 saturated heterocycles. The van der Waals surface area contributed by atoms with Crippen LogP contribution in [0.1, 0.15) is 46.6 Å². The highest BCUT2D eigenvalue weighted by Gasteiger charge is 2.30. The number of aromatic amines is 1. The van der Waals surface area contributed by atoms with E-state index >= 15 is 0 Å². The Labute approximate surface area is 210 Å². The van der Waals surface area contributed by atoms with E-state index in [0.29, 0.717) is 31.0 Å². The standard InChI is InChI=1S/C29H30N6O/c1-4-34(18-22-11-7-5-8-12-22)27(28-31-32-33-35(28)19-23-13-9-6-10-14-23)25-17-24-16-15-20(2)21(3)26(24)30-29(25)36/h5-17,27H,4,18-19H2,1-3H3,(H,30,36)/t27-/m1/s1. The monoisotopic (exact) mass is 478 g/mol. The largest absolute Gasteiger partial charge is 0.321 e. The summed E-state index contributed by atoms with van der Waals surface area (Å²) in [6.45, 7) is 8.09. The van der Waals surface area contributed by atoms with E-state index < -0.39 is 6.04 Å². The smallest absolute Gasteiger partial charge is 0.253 e. The lowest BCUT2D eigenvalue weighted by atomic mass is 9.99. The molecule has 5 aromatic rings. The second kappa shape index (κ2) is 10.3. The molecule has 0 radical (unpaired) electrons. The van der Waals surface area contributed by atoms with Gasteiger partial charge in [0.15, 0.2) is 5.82 Å². The Morgan fingerprint density at radius 3 is 2.33 bits per heavy atom. The van der Waals surface area contributed by atoms with E-state index in [0.717, 1.165) is 33.2 Å². The lowest BCUT2D eigenvalue weighted by Crippen LogP contribution is -2.35. The van der Waals surface area contributed by atoms with Gasteiger partial charge in [-0.3, -0.25) is 9.69 Å². The van der Waals surface area contributed by atoms with Gasteiger partial charge in [-0.15, -0.1) is 5.10 Å². The van der Waals surface area contributed by atoms with Crippen molar-refractivity contribution in [3.63, 3.8) is 0 Å². The molecule has 0 aliphatic rings. The first-order valence-electron chi connectivity index (χ1n) is 12.3. The highest BCUT2D eigenvalue weighted by atomic mass is 16.1. The van der Waals surface area contributed by atoms with Crippen molar-refractivity contribution in [1.82, 2.24) is 30.1 Å². The molecule has 1 N–H and O–H groups in total. The highest BCUT2D eigenvalue weighted by Crippen LogP contribution is 2.29. The molecule has 3 aromatic carbocycles. The summed E-state index contributed by atoms with van der Waals surface area (Å²) in [5.41, 5.74) is 5.86. The number of hydrogen-bond acceptors (Lipinski definition) is 5. The third kappa shape index (κ3) is 4.70. The van der Waals surface area contributed by atoms with Crippen LogP contribution in [0.2, 0.25) is 0 Å². The average Bonchev–Trinajstić information content (AvgIpc) is 3.35. The summed E-state index contributed by atoms with van der Waals surface area (Å²) in [6.07, 6.45) is 0. The summed E-state index contributed by atoms with van der Waals surface area (Å²) in [4.78, 5) is 19.0. The Bertz CT molecular complexity index is 1520. The molecule has 182 valence electrons. The van der Waals surface area contributed by atoms with Crippen molar-refractivity contribution < 1.29 is 0 Å². The molecule has 2 aromatic heterocycles. The average molecular weight is 479 g/mol. The van der Waals surface area contributed by atoms with E-state index in [1.165, 1.54) is 0 Å². The van der Waals surface area contributed by atoms with Crippen LogP contribution in [0.4, 0.5) is 0 Å². The maximum Gasteiger partial charge on any atom is 0.253 e. The lowest BCUT2D eigenvalue weighted by Gasteiger charge is -2.30. The van der Waals surface area contributed by atoms with E-state index in [9.17, 15) is 4.79 Å². The zero-order valence-electron chi connectivity index (χ0n) is 20.8. The topological polar surface area (TPSA) is 79.7 Å². The number of aryl methyl sites for hydroxylation is 2. The number of rotatable bonds is 8. The van der Waals surface area contributed by atoms with Gasteiger partial charge in [0.05, 0.1) is 12.1 Å². The number of hydrogen-bond donors (Lipinski definition) is 1. The second-order valence-electron chi connectivity index (χ2n) is 9.16. The van der Waals surface area contributed by atoms with Gasteiger partial charge in [-0.1, -0.05) is 79.7 Å². The maximum absolute atomic E-state index is 13.6. The quantitative estimate of drug-likeness (QED) is 0.347. The number of fused-ring (bicyclic) bond motifs is 1. The summed E-state index contributed by atoms with van der Waals surface area (Å²) in [6, 6.07) is 26.1. The van der Waals surface area contributed by atoms with E-state index in [4.69, 9.17) is 0 Å². The molecule has 0 aliphatic heterocycles. The Kier molecular flexibility index (Phi) is 6.73. The van der Waals surface area contributed by atoms with Crippen molar-refractivity contribution >= 4 is 10.9 Å². The van der Waals surface area contributed by atoms with Gasteiger partial charge < -0.3 is 4.98 Å². The fourth-order valence-electron chi connectivity index (χ4n) is 4.72. The summed E-state index contributed by atoms with van der Waals surface area (Å²) < 4.78 is 1.80. The normalized spacial score (nSPS) is 12.3. The third-order valence-corrected chi connectivity index (χ3v) is 6.85. The van der Waals surface area contributed by atoms with Crippen molar-refractivity contribution in [1.29, 1.82) is 0 Å². The number of nitrogens with zero attached hydrogens (tertiary/aromatic N) is 5. The Balaban J connectivity index is 1.66. The van der Waals surface area contributed by atoms with Crippen molar-refractivity contribution in [2.45, 2.75) is 39.9 Å². The molecule has 5 rings (SSSR count). The molecule has 0 amide bonds. The fourth-order valence-corrected chi connectivity index (χ4v) is 4.72. The Morgan fingerprint density at radius 1 is 0.944 bits per heavy atom. The van der Waals surface area contributed by atoms with Crippen LogP contribution in [0.25, 0.3) is 10.9 Å². The van der Waals surface area contributed by atoms with Crippen LogP contribution in [0.15, 0.2) is 83.7 Å². The number of nitrogens with one attached hydrogen (secondary N) is 1. The fraction of sp³-hybridized carbons (Fsp3) is 0.241. The number of aromatic nitrogens is 5. The molecule has 0 aliphatic carbocycles. The van der Waals surface area contributed by atoms with Gasteiger partial charge in [0.1, 0.15) is 6.04 Å². The molecule has 0 spiro atoms. The summed E-state index contributed by atoms with van der Waals surface area (Å²) in [5.74, 6) is 0.644. The van der Waals surface area contributed by atoms with Gasteiger partial charge in [0.25, 0.3) is 5.56 Å². The predicted octanol–water partition coefficient (Wildman–Crippen LogP) is 4.79. The minimum Gasteiger partial charge on any atom is -0.321 e. The molecule has 0 fully saturated rings. The van der Waals surface area contributed by atoms with Crippen molar-refractivity contribution in [3.05, 3.63) is 123 Å². The molecule has 1 atom stereocenters. The Hall–Kier alpha value is -4.10. The van der Waals surface area contributed by atoms with Crippen LogP contribution in [0.5, 0.6) is 0 Å². The second-order valence-corrected chi connectivity index (χ2v) is 9.16. The van der Waals surface area contributed by atoms with E-state index in [1.54, 1.807) is 4.68 Å². The third-order valence-electron chi connectivity index (χ3n) is 6.85. The predicted molar refractivity (Wildman–Crippen MR) is 142 cm³/mol. The van der Waals surface area contributed by atoms with Crippen molar-refractivity contribution in [2.75, 3.05) is 6.54 Å². The van der Waals surface area contributed by atoms with E-state index in [1.807, 2.05) is 49.4 Å². The molecule has 0 unspecified atom stereocenters. The molecular formula is C29H30N6O. The van der Waals surface area contributed by atoms with Crippen LogP contribution in [-0.2, 0) is 13.1 Å². The van der Waals surface area contributed by atoms with Gasteiger partial charge in [0.2, 0.25) is 0 Å². The molecule has 7 heteroatoms. The van der Waals surface area contributed by atoms with Crippen LogP contribution in [0.3, 0.4) is 0 Å². The molecular weight excluding hydrogens is 448 g/mol. The number of tetrazole rings is 1.